The van der Waals surface area contributed by atoms with Crippen molar-refractivity contribution in [1.82, 2.24) is 5.32 Å². The highest BCUT2D eigenvalue weighted by Crippen LogP contribution is 2.29. The molecule has 4 nitrogen and oxygen atoms in total. The number of carbonyl (C=O) groups is 1. The Morgan fingerprint density at radius 1 is 1.30 bits per heavy atom. The van der Waals surface area contributed by atoms with Gasteiger partial charge in [0.2, 0.25) is 0 Å². The van der Waals surface area contributed by atoms with Gasteiger partial charge in [-0.25, -0.2) is 0 Å². The maximum absolute atomic E-state index is 12.5. The average Bonchev–Trinajstić information content (AvgIpc) is 2.41. The molecule has 1 aliphatic rings. The standard InChI is InChI=1S/C16H25N3O/c1-10-4-6-14(12(3)8-10)18-16(20)13-9-11(2)5-7-15(13)19-17/h5,7,9-10,12,14,19H,4,6,8,17H2,1-3H3,(H,18,20). The summed E-state index contributed by atoms with van der Waals surface area (Å²) in [6.07, 6.45) is 3.43. The Labute approximate surface area is 121 Å². The first-order chi connectivity index (χ1) is 9.51. The van der Waals surface area contributed by atoms with Crippen molar-refractivity contribution in [2.24, 2.45) is 17.7 Å². The molecule has 3 unspecified atom stereocenters. The van der Waals surface area contributed by atoms with Crippen LogP contribution in [0.1, 0.15) is 49.0 Å². The van der Waals surface area contributed by atoms with E-state index in [2.05, 4.69) is 24.6 Å². The van der Waals surface area contributed by atoms with Gasteiger partial charge < -0.3 is 10.7 Å². The number of benzene rings is 1. The number of amides is 1. The minimum atomic E-state index is -0.0342. The molecule has 4 N–H and O–H groups in total. The summed E-state index contributed by atoms with van der Waals surface area (Å²) in [6, 6.07) is 5.93. The Kier molecular flexibility index (Phi) is 4.65. The molecule has 2 rings (SSSR count). The second-order valence-electron chi connectivity index (χ2n) is 6.17. The summed E-state index contributed by atoms with van der Waals surface area (Å²) < 4.78 is 0. The van der Waals surface area contributed by atoms with Crippen LogP contribution in [0.3, 0.4) is 0 Å². The molecule has 1 fully saturated rings. The van der Waals surface area contributed by atoms with Crippen LogP contribution >= 0.6 is 0 Å². The van der Waals surface area contributed by atoms with Crippen molar-refractivity contribution in [1.29, 1.82) is 0 Å². The van der Waals surface area contributed by atoms with Crippen LogP contribution in [0.5, 0.6) is 0 Å². The zero-order chi connectivity index (χ0) is 14.7. The van der Waals surface area contributed by atoms with Gasteiger partial charge >= 0.3 is 0 Å². The SMILES string of the molecule is Cc1ccc(NN)c(C(=O)NC2CCC(C)CC2C)c1. The molecule has 0 bridgehead atoms. The van der Waals surface area contributed by atoms with Gasteiger partial charge in [0.25, 0.3) is 5.91 Å². The number of hydrogen-bond acceptors (Lipinski definition) is 3. The summed E-state index contributed by atoms with van der Waals surface area (Å²) in [5.41, 5.74) is 4.95. The Bertz CT molecular complexity index is 487. The molecule has 1 aromatic rings. The van der Waals surface area contributed by atoms with Gasteiger partial charge in [-0.1, -0.05) is 25.5 Å². The number of hydrazine groups is 1. The summed E-state index contributed by atoms with van der Waals surface area (Å²) >= 11 is 0. The van der Waals surface area contributed by atoms with Crippen LogP contribution in [0.25, 0.3) is 0 Å². The first-order valence-electron chi connectivity index (χ1n) is 7.39. The van der Waals surface area contributed by atoms with Crippen LogP contribution in [-0.4, -0.2) is 11.9 Å². The number of rotatable bonds is 3. The highest BCUT2D eigenvalue weighted by Gasteiger charge is 2.27. The maximum Gasteiger partial charge on any atom is 0.253 e. The van der Waals surface area contributed by atoms with Crippen molar-refractivity contribution in [3.05, 3.63) is 29.3 Å². The third-order valence-electron chi connectivity index (χ3n) is 4.32. The lowest BCUT2D eigenvalue weighted by atomic mass is 9.80. The predicted octanol–water partition coefficient (Wildman–Crippen LogP) is 2.84. The Balaban J connectivity index is 2.10. The Hall–Kier alpha value is -1.55. The first-order valence-corrected chi connectivity index (χ1v) is 7.39. The summed E-state index contributed by atoms with van der Waals surface area (Å²) in [4.78, 5) is 12.5. The summed E-state index contributed by atoms with van der Waals surface area (Å²) in [6.45, 7) is 6.48. The highest BCUT2D eigenvalue weighted by molar-refractivity contribution is 5.99. The molecule has 0 aliphatic heterocycles. The average molecular weight is 275 g/mol. The van der Waals surface area contributed by atoms with Crippen LogP contribution in [0.4, 0.5) is 5.69 Å². The number of nitrogens with two attached hydrogens (primary N) is 1. The molecule has 110 valence electrons. The number of carbonyl (C=O) groups excluding carboxylic acids is 1. The van der Waals surface area contributed by atoms with Crippen molar-refractivity contribution in [2.75, 3.05) is 5.43 Å². The van der Waals surface area contributed by atoms with E-state index in [1.807, 2.05) is 25.1 Å². The van der Waals surface area contributed by atoms with Crippen LogP contribution in [-0.2, 0) is 0 Å². The van der Waals surface area contributed by atoms with E-state index in [1.54, 1.807) is 0 Å². The van der Waals surface area contributed by atoms with Gasteiger partial charge in [-0.05, 0) is 50.2 Å². The summed E-state index contributed by atoms with van der Waals surface area (Å²) in [5, 5.41) is 3.17. The van der Waals surface area contributed by atoms with Gasteiger partial charge in [0.15, 0.2) is 0 Å². The second-order valence-corrected chi connectivity index (χ2v) is 6.17. The normalized spacial score (nSPS) is 26.1. The third-order valence-corrected chi connectivity index (χ3v) is 4.32. The van der Waals surface area contributed by atoms with Crippen molar-refractivity contribution < 1.29 is 4.79 Å². The third kappa shape index (κ3) is 3.31. The van der Waals surface area contributed by atoms with Crippen molar-refractivity contribution >= 4 is 11.6 Å². The van der Waals surface area contributed by atoms with Crippen molar-refractivity contribution in [3.8, 4) is 0 Å². The summed E-state index contributed by atoms with van der Waals surface area (Å²) in [5.74, 6) is 6.74. The van der Waals surface area contributed by atoms with Crippen molar-refractivity contribution in [2.45, 2.75) is 46.1 Å². The zero-order valence-electron chi connectivity index (χ0n) is 12.6. The Morgan fingerprint density at radius 3 is 2.70 bits per heavy atom. The topological polar surface area (TPSA) is 67.1 Å². The Morgan fingerprint density at radius 2 is 2.05 bits per heavy atom. The van der Waals surface area contributed by atoms with Gasteiger partial charge in [-0.3, -0.25) is 10.6 Å². The van der Waals surface area contributed by atoms with E-state index < -0.39 is 0 Å². The lowest BCUT2D eigenvalue weighted by Gasteiger charge is -2.33. The largest absolute Gasteiger partial charge is 0.349 e. The fourth-order valence-corrected chi connectivity index (χ4v) is 3.10. The molecule has 0 heterocycles. The lowest BCUT2D eigenvalue weighted by Crippen LogP contribution is -2.42. The molecule has 0 aromatic heterocycles. The first kappa shape index (κ1) is 14.9. The van der Waals surface area contributed by atoms with Gasteiger partial charge in [-0.15, -0.1) is 0 Å². The number of hydrogen-bond donors (Lipinski definition) is 3. The maximum atomic E-state index is 12.5. The van der Waals surface area contributed by atoms with E-state index in [0.29, 0.717) is 17.2 Å². The molecule has 0 saturated heterocycles. The van der Waals surface area contributed by atoms with E-state index in [1.165, 1.54) is 12.8 Å². The molecule has 20 heavy (non-hydrogen) atoms. The molecular formula is C16H25N3O. The number of anilines is 1. The van der Waals surface area contributed by atoms with Gasteiger partial charge in [0.1, 0.15) is 0 Å². The fourth-order valence-electron chi connectivity index (χ4n) is 3.10. The summed E-state index contributed by atoms with van der Waals surface area (Å²) in [7, 11) is 0. The molecule has 0 spiro atoms. The number of aryl methyl sites for hydroxylation is 1. The van der Waals surface area contributed by atoms with E-state index in [9.17, 15) is 4.79 Å². The van der Waals surface area contributed by atoms with E-state index in [0.717, 1.165) is 17.9 Å². The molecule has 0 radical (unpaired) electrons. The molecule has 1 amide bonds. The fraction of sp³-hybridized carbons (Fsp3) is 0.562. The minimum Gasteiger partial charge on any atom is -0.349 e. The molecule has 4 heteroatoms. The highest BCUT2D eigenvalue weighted by atomic mass is 16.1. The second kappa shape index (κ2) is 6.27. The number of nitrogens with one attached hydrogen (secondary N) is 2. The van der Waals surface area contributed by atoms with E-state index in [-0.39, 0.29) is 11.9 Å². The molecule has 1 aromatic carbocycles. The van der Waals surface area contributed by atoms with Crippen LogP contribution < -0.4 is 16.6 Å². The lowest BCUT2D eigenvalue weighted by molar-refractivity contribution is 0.0900. The van der Waals surface area contributed by atoms with Crippen LogP contribution in [0.2, 0.25) is 0 Å². The quantitative estimate of drug-likeness (QED) is 0.587. The molecule has 3 atom stereocenters. The molecule has 1 aliphatic carbocycles. The van der Waals surface area contributed by atoms with E-state index >= 15 is 0 Å². The molecular weight excluding hydrogens is 250 g/mol. The smallest absolute Gasteiger partial charge is 0.253 e. The van der Waals surface area contributed by atoms with Gasteiger partial charge in [0.05, 0.1) is 11.3 Å². The number of nitrogen functional groups attached to an aromatic ring is 1. The molecule has 1 saturated carbocycles. The van der Waals surface area contributed by atoms with E-state index in [4.69, 9.17) is 5.84 Å². The van der Waals surface area contributed by atoms with Crippen LogP contribution in [0, 0.1) is 18.8 Å². The predicted molar refractivity (Wildman–Crippen MR) is 82.4 cm³/mol. The monoisotopic (exact) mass is 275 g/mol. The van der Waals surface area contributed by atoms with Gasteiger partial charge in [0, 0.05) is 6.04 Å². The minimum absolute atomic E-state index is 0.0342. The van der Waals surface area contributed by atoms with Crippen molar-refractivity contribution in [3.63, 3.8) is 0 Å². The van der Waals surface area contributed by atoms with Gasteiger partial charge in [-0.2, -0.15) is 0 Å². The van der Waals surface area contributed by atoms with Crippen LogP contribution in [0.15, 0.2) is 18.2 Å². The zero-order valence-corrected chi connectivity index (χ0v) is 12.6.